The molecule has 1 aromatic rings. The van der Waals surface area contributed by atoms with Crippen molar-refractivity contribution in [2.75, 3.05) is 13.2 Å². The zero-order valence-electron chi connectivity index (χ0n) is 12.4. The van der Waals surface area contributed by atoms with Gasteiger partial charge in [-0.05, 0) is 38.8 Å². The van der Waals surface area contributed by atoms with Crippen molar-refractivity contribution in [3.05, 3.63) is 29.8 Å². The molecule has 0 aliphatic carbocycles. The zero-order valence-corrected chi connectivity index (χ0v) is 12.4. The third-order valence-electron chi connectivity index (χ3n) is 3.45. The van der Waals surface area contributed by atoms with Gasteiger partial charge in [-0.2, -0.15) is 0 Å². The summed E-state index contributed by atoms with van der Waals surface area (Å²) in [4.78, 5) is 23.3. The quantitative estimate of drug-likeness (QED) is 0.814. The second-order valence-corrected chi connectivity index (χ2v) is 5.22. The fourth-order valence-electron chi connectivity index (χ4n) is 2.21. The standard InChI is InChI=1S/C16H21NO4/c1-11(18)13-5-3-6-14(9-13)21-12(2)16(19)17-10-15-7-4-8-20-15/h3,5-6,9,12,15H,4,7-8,10H2,1-2H3,(H,17,19). The monoisotopic (exact) mass is 291 g/mol. The highest BCUT2D eigenvalue weighted by Crippen LogP contribution is 2.15. The van der Waals surface area contributed by atoms with E-state index in [0.29, 0.717) is 17.9 Å². The predicted octanol–water partition coefficient (Wildman–Crippen LogP) is 1.95. The molecule has 1 amide bonds. The van der Waals surface area contributed by atoms with E-state index in [4.69, 9.17) is 9.47 Å². The fraction of sp³-hybridized carbons (Fsp3) is 0.500. The van der Waals surface area contributed by atoms with E-state index in [1.165, 1.54) is 6.92 Å². The van der Waals surface area contributed by atoms with Crippen LogP contribution in [0.4, 0.5) is 0 Å². The maximum absolute atomic E-state index is 12.0. The zero-order chi connectivity index (χ0) is 15.2. The normalized spacial score (nSPS) is 19.0. The lowest BCUT2D eigenvalue weighted by molar-refractivity contribution is -0.127. The van der Waals surface area contributed by atoms with Gasteiger partial charge < -0.3 is 14.8 Å². The third-order valence-corrected chi connectivity index (χ3v) is 3.45. The maximum atomic E-state index is 12.0. The van der Waals surface area contributed by atoms with Gasteiger partial charge in [0.1, 0.15) is 5.75 Å². The first kappa shape index (κ1) is 15.5. The summed E-state index contributed by atoms with van der Waals surface area (Å²) in [5, 5.41) is 2.83. The lowest BCUT2D eigenvalue weighted by atomic mass is 10.1. The number of benzene rings is 1. The van der Waals surface area contributed by atoms with Crippen LogP contribution in [0.2, 0.25) is 0 Å². The molecule has 21 heavy (non-hydrogen) atoms. The van der Waals surface area contributed by atoms with E-state index in [-0.39, 0.29) is 17.8 Å². The van der Waals surface area contributed by atoms with Crippen LogP contribution in [-0.2, 0) is 9.53 Å². The molecule has 5 heteroatoms. The Morgan fingerprint density at radius 3 is 2.95 bits per heavy atom. The highest BCUT2D eigenvalue weighted by atomic mass is 16.5. The lowest BCUT2D eigenvalue weighted by Crippen LogP contribution is -2.40. The molecule has 5 nitrogen and oxygen atoms in total. The second-order valence-electron chi connectivity index (χ2n) is 5.22. The van der Waals surface area contributed by atoms with Crippen molar-refractivity contribution in [3.63, 3.8) is 0 Å². The summed E-state index contributed by atoms with van der Waals surface area (Å²) in [6.45, 7) is 4.46. The van der Waals surface area contributed by atoms with E-state index in [1.54, 1.807) is 31.2 Å². The Morgan fingerprint density at radius 1 is 1.48 bits per heavy atom. The van der Waals surface area contributed by atoms with E-state index < -0.39 is 6.10 Å². The van der Waals surface area contributed by atoms with Gasteiger partial charge in [0.2, 0.25) is 0 Å². The first-order valence-corrected chi connectivity index (χ1v) is 7.23. The molecule has 1 saturated heterocycles. The molecule has 0 radical (unpaired) electrons. The van der Waals surface area contributed by atoms with Crippen LogP contribution in [-0.4, -0.2) is 37.0 Å². The summed E-state index contributed by atoms with van der Waals surface area (Å²) in [5.74, 6) is 0.303. The van der Waals surface area contributed by atoms with Crippen molar-refractivity contribution < 1.29 is 19.1 Å². The van der Waals surface area contributed by atoms with E-state index in [1.807, 2.05) is 0 Å². The third kappa shape index (κ3) is 4.56. The average molecular weight is 291 g/mol. The van der Waals surface area contributed by atoms with Crippen LogP contribution in [0.25, 0.3) is 0 Å². The van der Waals surface area contributed by atoms with Crippen LogP contribution >= 0.6 is 0 Å². The predicted molar refractivity (Wildman–Crippen MR) is 78.5 cm³/mol. The number of amides is 1. The molecule has 0 saturated carbocycles. The Bertz CT molecular complexity index is 509. The summed E-state index contributed by atoms with van der Waals surface area (Å²) < 4.78 is 11.0. The van der Waals surface area contributed by atoms with E-state index in [2.05, 4.69) is 5.32 Å². The molecule has 0 spiro atoms. The minimum atomic E-state index is -0.617. The van der Waals surface area contributed by atoms with Gasteiger partial charge in [-0.1, -0.05) is 12.1 Å². The van der Waals surface area contributed by atoms with Crippen molar-refractivity contribution in [1.82, 2.24) is 5.32 Å². The largest absolute Gasteiger partial charge is 0.481 e. The van der Waals surface area contributed by atoms with Gasteiger partial charge in [0, 0.05) is 18.7 Å². The first-order valence-electron chi connectivity index (χ1n) is 7.23. The summed E-state index contributed by atoms with van der Waals surface area (Å²) in [6, 6.07) is 6.84. The molecule has 1 N–H and O–H groups in total. The van der Waals surface area contributed by atoms with Gasteiger partial charge in [-0.15, -0.1) is 0 Å². The average Bonchev–Trinajstić information content (AvgIpc) is 2.98. The minimum Gasteiger partial charge on any atom is -0.481 e. The number of hydrogen-bond donors (Lipinski definition) is 1. The van der Waals surface area contributed by atoms with Gasteiger partial charge in [-0.25, -0.2) is 0 Å². The lowest BCUT2D eigenvalue weighted by Gasteiger charge is -2.16. The highest BCUT2D eigenvalue weighted by Gasteiger charge is 2.19. The minimum absolute atomic E-state index is 0.0315. The maximum Gasteiger partial charge on any atom is 0.260 e. The molecule has 114 valence electrons. The molecule has 1 aliphatic heterocycles. The van der Waals surface area contributed by atoms with Crippen molar-refractivity contribution in [2.45, 2.75) is 38.9 Å². The number of ketones is 1. The Balaban J connectivity index is 1.84. The molecule has 1 heterocycles. The number of rotatable bonds is 6. The topological polar surface area (TPSA) is 64.6 Å². The molecular formula is C16H21NO4. The van der Waals surface area contributed by atoms with E-state index in [9.17, 15) is 9.59 Å². The van der Waals surface area contributed by atoms with Gasteiger partial charge in [-0.3, -0.25) is 9.59 Å². The molecule has 1 fully saturated rings. The van der Waals surface area contributed by atoms with Crippen molar-refractivity contribution in [2.24, 2.45) is 0 Å². The summed E-state index contributed by atoms with van der Waals surface area (Å²) >= 11 is 0. The van der Waals surface area contributed by atoms with Crippen LogP contribution in [0.15, 0.2) is 24.3 Å². The van der Waals surface area contributed by atoms with Crippen LogP contribution < -0.4 is 10.1 Å². The molecule has 0 bridgehead atoms. The number of carbonyl (C=O) groups is 2. The molecule has 1 aromatic carbocycles. The van der Waals surface area contributed by atoms with Gasteiger partial charge >= 0.3 is 0 Å². The number of Topliss-reactive ketones (excluding diaryl/α,β-unsaturated/α-hetero) is 1. The molecular weight excluding hydrogens is 270 g/mol. The molecule has 2 atom stereocenters. The summed E-state index contributed by atoms with van der Waals surface area (Å²) in [7, 11) is 0. The van der Waals surface area contributed by atoms with Gasteiger partial charge in [0.15, 0.2) is 11.9 Å². The smallest absolute Gasteiger partial charge is 0.260 e. The molecule has 1 aliphatic rings. The van der Waals surface area contributed by atoms with Crippen molar-refractivity contribution in [1.29, 1.82) is 0 Å². The Hall–Kier alpha value is -1.88. The number of ether oxygens (including phenoxy) is 2. The molecule has 0 aromatic heterocycles. The Kier molecular flexibility index (Phi) is 5.33. The Labute approximate surface area is 124 Å². The number of hydrogen-bond acceptors (Lipinski definition) is 4. The van der Waals surface area contributed by atoms with Gasteiger partial charge in [0.05, 0.1) is 6.10 Å². The SMILES string of the molecule is CC(=O)c1cccc(OC(C)C(=O)NCC2CCCO2)c1. The van der Waals surface area contributed by atoms with Crippen LogP contribution in [0, 0.1) is 0 Å². The van der Waals surface area contributed by atoms with Gasteiger partial charge in [0.25, 0.3) is 5.91 Å². The van der Waals surface area contributed by atoms with Crippen LogP contribution in [0.5, 0.6) is 5.75 Å². The van der Waals surface area contributed by atoms with E-state index in [0.717, 1.165) is 19.4 Å². The molecule has 2 unspecified atom stereocenters. The van der Waals surface area contributed by atoms with Crippen LogP contribution in [0.1, 0.15) is 37.0 Å². The number of nitrogens with one attached hydrogen (secondary N) is 1. The van der Waals surface area contributed by atoms with Crippen LogP contribution in [0.3, 0.4) is 0 Å². The van der Waals surface area contributed by atoms with Crippen molar-refractivity contribution in [3.8, 4) is 5.75 Å². The molecule has 2 rings (SSSR count). The van der Waals surface area contributed by atoms with Crippen molar-refractivity contribution >= 4 is 11.7 Å². The van der Waals surface area contributed by atoms with E-state index >= 15 is 0 Å². The highest BCUT2D eigenvalue weighted by molar-refractivity contribution is 5.94. The Morgan fingerprint density at radius 2 is 2.29 bits per heavy atom. The first-order chi connectivity index (χ1) is 10.1. The fourth-order valence-corrected chi connectivity index (χ4v) is 2.21. The number of carbonyl (C=O) groups excluding carboxylic acids is 2. The summed E-state index contributed by atoms with van der Waals surface area (Å²) in [5.41, 5.74) is 0.569. The second kappa shape index (κ2) is 7.22. The summed E-state index contributed by atoms with van der Waals surface area (Å²) in [6.07, 6.45) is 1.52.